The van der Waals surface area contributed by atoms with E-state index in [-0.39, 0.29) is 19.7 Å². The number of carbonyl (C=O) groups is 1. The van der Waals surface area contributed by atoms with Crippen molar-refractivity contribution in [2.75, 3.05) is 32.0 Å². The summed E-state index contributed by atoms with van der Waals surface area (Å²) in [4.78, 5) is 12.6. The van der Waals surface area contributed by atoms with Crippen LogP contribution in [0.2, 0.25) is 0 Å². The largest absolute Gasteiger partial charge is 0.397 e. The van der Waals surface area contributed by atoms with E-state index in [9.17, 15) is 15.0 Å². The van der Waals surface area contributed by atoms with Gasteiger partial charge in [0, 0.05) is 31.5 Å². The average molecular weight is 703 g/mol. The van der Waals surface area contributed by atoms with E-state index in [4.69, 9.17) is 15.9 Å². The SMILES string of the molecule is C=C(NCC(O)CO)c1c(I)c(N)c(I)c(C(=O)NCC(O)CO)c1I. The third-order valence-corrected chi connectivity index (χ3v) is 6.67. The molecule has 0 aliphatic rings. The molecular formula is C15H20I3N3O5. The van der Waals surface area contributed by atoms with Crippen molar-refractivity contribution in [2.45, 2.75) is 12.2 Å². The first kappa shape index (κ1) is 24.1. The van der Waals surface area contributed by atoms with E-state index >= 15 is 0 Å². The minimum absolute atomic E-state index is 0.0927. The highest BCUT2D eigenvalue weighted by Crippen LogP contribution is 2.36. The van der Waals surface area contributed by atoms with Crippen LogP contribution in [-0.4, -0.2) is 64.8 Å². The molecule has 146 valence electrons. The minimum Gasteiger partial charge on any atom is -0.397 e. The molecule has 0 fully saturated rings. The Balaban J connectivity index is 3.22. The molecule has 0 bridgehead atoms. The molecule has 0 radical (unpaired) electrons. The smallest absolute Gasteiger partial charge is 0.253 e. The van der Waals surface area contributed by atoms with Crippen LogP contribution in [0.15, 0.2) is 6.58 Å². The van der Waals surface area contributed by atoms with Crippen molar-refractivity contribution in [3.8, 4) is 0 Å². The fraction of sp³-hybridized carbons (Fsp3) is 0.400. The monoisotopic (exact) mass is 703 g/mol. The lowest BCUT2D eigenvalue weighted by atomic mass is 10.1. The molecule has 26 heavy (non-hydrogen) atoms. The van der Waals surface area contributed by atoms with Gasteiger partial charge in [-0.3, -0.25) is 4.79 Å². The molecule has 8 N–H and O–H groups in total. The molecule has 2 unspecified atom stereocenters. The van der Waals surface area contributed by atoms with Crippen molar-refractivity contribution in [1.82, 2.24) is 10.6 Å². The minimum atomic E-state index is -1.05. The summed E-state index contributed by atoms with van der Waals surface area (Å²) >= 11 is 6.07. The van der Waals surface area contributed by atoms with Gasteiger partial charge in [-0.1, -0.05) is 6.58 Å². The molecule has 11 heteroatoms. The first-order valence-corrected chi connectivity index (χ1v) is 10.6. The van der Waals surface area contributed by atoms with Crippen molar-refractivity contribution in [2.24, 2.45) is 0 Å². The van der Waals surface area contributed by atoms with Crippen molar-refractivity contribution >= 4 is 85.1 Å². The topological polar surface area (TPSA) is 148 Å². The zero-order chi connectivity index (χ0) is 20.0. The van der Waals surface area contributed by atoms with E-state index in [0.717, 1.165) is 0 Å². The second-order valence-electron chi connectivity index (χ2n) is 5.35. The molecule has 0 aliphatic carbocycles. The third kappa shape index (κ3) is 6.03. The number of hydrogen-bond acceptors (Lipinski definition) is 7. The zero-order valence-electron chi connectivity index (χ0n) is 13.6. The molecule has 0 saturated heterocycles. The van der Waals surface area contributed by atoms with Gasteiger partial charge in [0.2, 0.25) is 0 Å². The number of aliphatic hydroxyl groups is 4. The summed E-state index contributed by atoms with van der Waals surface area (Å²) in [6, 6.07) is 0. The van der Waals surface area contributed by atoms with Crippen LogP contribution in [-0.2, 0) is 0 Å². The van der Waals surface area contributed by atoms with Gasteiger partial charge in [0.25, 0.3) is 5.91 Å². The third-order valence-electron chi connectivity index (χ3n) is 3.35. The maximum absolute atomic E-state index is 12.6. The van der Waals surface area contributed by atoms with Gasteiger partial charge in [0.05, 0.1) is 40.2 Å². The van der Waals surface area contributed by atoms with Gasteiger partial charge in [-0.25, -0.2) is 0 Å². The molecule has 0 aromatic heterocycles. The van der Waals surface area contributed by atoms with Crippen LogP contribution in [0, 0.1) is 10.7 Å². The molecular weight excluding hydrogens is 683 g/mol. The summed E-state index contributed by atoms with van der Waals surface area (Å²) < 4.78 is 1.89. The number of nitrogens with one attached hydrogen (secondary N) is 2. The Kier molecular flexibility index (Phi) is 10.3. The lowest BCUT2D eigenvalue weighted by molar-refractivity contribution is 0.0801. The number of amides is 1. The molecule has 1 amide bonds. The molecule has 1 aromatic carbocycles. The van der Waals surface area contributed by atoms with Gasteiger partial charge >= 0.3 is 0 Å². The van der Waals surface area contributed by atoms with E-state index in [0.29, 0.717) is 33.2 Å². The summed E-state index contributed by atoms with van der Waals surface area (Å²) in [7, 11) is 0. The predicted molar refractivity (Wildman–Crippen MR) is 125 cm³/mol. The van der Waals surface area contributed by atoms with Crippen LogP contribution in [0.3, 0.4) is 0 Å². The lowest BCUT2D eigenvalue weighted by Gasteiger charge is -2.20. The second kappa shape index (κ2) is 11.2. The Morgan fingerprint density at radius 1 is 0.962 bits per heavy atom. The Morgan fingerprint density at radius 2 is 1.42 bits per heavy atom. The van der Waals surface area contributed by atoms with E-state index in [2.05, 4.69) is 39.8 Å². The van der Waals surface area contributed by atoms with Gasteiger partial charge in [0.1, 0.15) is 0 Å². The number of carbonyl (C=O) groups excluding carboxylic acids is 1. The summed E-state index contributed by atoms with van der Waals surface area (Å²) in [6.45, 7) is 3.10. The van der Waals surface area contributed by atoms with E-state index in [1.807, 2.05) is 45.2 Å². The summed E-state index contributed by atoms with van der Waals surface area (Å²) in [5, 5.41) is 42.2. The Bertz CT molecular complexity index is 634. The van der Waals surface area contributed by atoms with Crippen LogP contribution in [0.4, 0.5) is 5.69 Å². The number of aliphatic hydroxyl groups excluding tert-OH is 4. The number of nitrogens with two attached hydrogens (primary N) is 1. The molecule has 0 saturated carbocycles. The van der Waals surface area contributed by atoms with Crippen LogP contribution in [0.1, 0.15) is 15.9 Å². The quantitative estimate of drug-likeness (QED) is 0.143. The van der Waals surface area contributed by atoms with Crippen LogP contribution < -0.4 is 16.4 Å². The van der Waals surface area contributed by atoms with Crippen molar-refractivity contribution in [3.05, 3.63) is 28.4 Å². The van der Waals surface area contributed by atoms with Gasteiger partial charge in [-0.05, 0) is 67.8 Å². The number of anilines is 1. The van der Waals surface area contributed by atoms with Gasteiger partial charge in [-0.2, -0.15) is 0 Å². The van der Waals surface area contributed by atoms with Gasteiger partial charge < -0.3 is 36.8 Å². The molecule has 2 atom stereocenters. The number of benzene rings is 1. The summed E-state index contributed by atoms with van der Waals surface area (Å²) in [5.74, 6) is -0.432. The number of nitrogen functional groups attached to an aromatic ring is 1. The average Bonchev–Trinajstić information content (AvgIpc) is 2.62. The van der Waals surface area contributed by atoms with Gasteiger partial charge in [-0.15, -0.1) is 0 Å². The second-order valence-corrected chi connectivity index (χ2v) is 8.58. The molecule has 1 aromatic rings. The standard InChI is InChI=1S/C15H20I3N3O5/c1-6(20-2-7(24)4-22)9-11(16)10(13(18)14(19)12(9)17)15(26)21-3-8(25)5-23/h7-8,20,22-25H,1-5,19H2,(H,21,26). The summed E-state index contributed by atoms with van der Waals surface area (Å²) in [6.07, 6.45) is -1.99. The molecule has 0 aliphatic heterocycles. The molecule has 0 spiro atoms. The number of halogens is 3. The normalized spacial score (nSPS) is 13.2. The Labute approximate surface area is 192 Å². The molecule has 0 heterocycles. The van der Waals surface area contributed by atoms with Crippen LogP contribution in [0.5, 0.6) is 0 Å². The molecule has 8 nitrogen and oxygen atoms in total. The Morgan fingerprint density at radius 3 is 1.92 bits per heavy atom. The highest BCUT2D eigenvalue weighted by Gasteiger charge is 2.25. The first-order valence-electron chi connectivity index (χ1n) is 7.40. The van der Waals surface area contributed by atoms with E-state index < -0.39 is 24.7 Å². The van der Waals surface area contributed by atoms with E-state index in [1.165, 1.54) is 0 Å². The first-order chi connectivity index (χ1) is 12.1. The zero-order valence-corrected chi connectivity index (χ0v) is 20.1. The van der Waals surface area contributed by atoms with E-state index in [1.54, 1.807) is 0 Å². The predicted octanol–water partition coefficient (Wildman–Crippen LogP) is 0.0791. The van der Waals surface area contributed by atoms with Crippen molar-refractivity contribution in [3.63, 3.8) is 0 Å². The summed E-state index contributed by atoms with van der Waals surface area (Å²) in [5.41, 5.74) is 7.99. The van der Waals surface area contributed by atoms with Crippen molar-refractivity contribution in [1.29, 1.82) is 0 Å². The van der Waals surface area contributed by atoms with Crippen LogP contribution in [0.25, 0.3) is 5.70 Å². The highest BCUT2D eigenvalue weighted by molar-refractivity contribution is 14.1. The maximum atomic E-state index is 12.6. The van der Waals surface area contributed by atoms with Crippen molar-refractivity contribution < 1.29 is 25.2 Å². The fourth-order valence-electron chi connectivity index (χ4n) is 1.91. The molecule has 1 rings (SSSR count). The highest BCUT2D eigenvalue weighted by atomic mass is 127. The lowest BCUT2D eigenvalue weighted by Crippen LogP contribution is -2.35. The Hall–Kier alpha value is 0.0600. The maximum Gasteiger partial charge on any atom is 0.253 e. The van der Waals surface area contributed by atoms with Crippen LogP contribution >= 0.6 is 67.8 Å². The number of rotatable bonds is 9. The number of hydrogen-bond donors (Lipinski definition) is 7. The fourth-order valence-corrected chi connectivity index (χ4v) is 6.21. The van der Waals surface area contributed by atoms with Gasteiger partial charge in [0.15, 0.2) is 0 Å².